The highest BCUT2D eigenvalue weighted by Gasteiger charge is 2.33. The van der Waals surface area contributed by atoms with Crippen LogP contribution in [0.5, 0.6) is 0 Å². The zero-order valence-electron chi connectivity index (χ0n) is 14.1. The first-order valence-electron chi connectivity index (χ1n) is 7.25. The minimum absolute atomic E-state index is 0.329. The maximum atomic E-state index is 12.0. The predicted molar refractivity (Wildman–Crippen MR) is 76.9 cm³/mol. The molecular formula is C15H28O6. The number of carbonyl (C=O) groups excluding carboxylic acids is 2. The van der Waals surface area contributed by atoms with Crippen molar-refractivity contribution in [3.8, 4) is 0 Å². The molecule has 0 rings (SSSR count). The Bertz CT molecular complexity index is 307. The Morgan fingerprint density at radius 1 is 0.857 bits per heavy atom. The lowest BCUT2D eigenvalue weighted by Crippen LogP contribution is -2.33. The molecule has 0 aromatic heterocycles. The topological polar surface area (TPSA) is 71.1 Å². The Morgan fingerprint density at radius 2 is 1.24 bits per heavy atom. The molecule has 0 heterocycles. The van der Waals surface area contributed by atoms with Gasteiger partial charge in [0.1, 0.15) is 11.2 Å². The molecule has 21 heavy (non-hydrogen) atoms. The van der Waals surface area contributed by atoms with Crippen molar-refractivity contribution in [2.45, 2.75) is 78.9 Å². The molecule has 0 saturated heterocycles. The number of hydrogen-bond donors (Lipinski definition) is 0. The van der Waals surface area contributed by atoms with Crippen molar-refractivity contribution >= 4 is 11.9 Å². The zero-order chi connectivity index (χ0) is 16.7. The van der Waals surface area contributed by atoms with Gasteiger partial charge in [-0.05, 0) is 48.0 Å². The van der Waals surface area contributed by atoms with Crippen LogP contribution in [0, 0.1) is 5.92 Å². The van der Waals surface area contributed by atoms with Crippen LogP contribution in [0.4, 0.5) is 0 Å². The first-order chi connectivity index (χ1) is 9.46. The Balaban J connectivity index is 4.62. The third-order valence-corrected chi connectivity index (χ3v) is 2.16. The first kappa shape index (κ1) is 19.9. The smallest absolute Gasteiger partial charge is 0.297 e. The summed E-state index contributed by atoms with van der Waals surface area (Å²) in [5, 5.41) is 0. The highest BCUT2D eigenvalue weighted by atomic mass is 17.2. The molecule has 0 aromatic rings. The van der Waals surface area contributed by atoms with Crippen molar-refractivity contribution in [2.75, 3.05) is 0 Å². The van der Waals surface area contributed by atoms with Crippen molar-refractivity contribution in [1.29, 1.82) is 0 Å². The summed E-state index contributed by atoms with van der Waals surface area (Å²) in [6.45, 7) is 12.4. The van der Waals surface area contributed by atoms with Gasteiger partial charge in [0.15, 0.2) is 5.92 Å². The van der Waals surface area contributed by atoms with Crippen LogP contribution in [-0.2, 0) is 29.1 Å². The predicted octanol–water partition coefficient (Wildman–Crippen LogP) is 3.34. The van der Waals surface area contributed by atoms with Gasteiger partial charge >= 0.3 is 11.9 Å². The summed E-state index contributed by atoms with van der Waals surface area (Å²) in [4.78, 5) is 43.3. The second kappa shape index (κ2) is 8.34. The highest BCUT2D eigenvalue weighted by Crippen LogP contribution is 2.17. The summed E-state index contributed by atoms with van der Waals surface area (Å²) in [7, 11) is 0. The highest BCUT2D eigenvalue weighted by molar-refractivity contribution is 5.94. The average molecular weight is 304 g/mol. The van der Waals surface area contributed by atoms with Gasteiger partial charge < -0.3 is 0 Å². The van der Waals surface area contributed by atoms with E-state index < -0.39 is 29.1 Å². The molecule has 0 fully saturated rings. The number of carbonyl (C=O) groups is 2. The van der Waals surface area contributed by atoms with Gasteiger partial charge in [0.25, 0.3) is 0 Å². The van der Waals surface area contributed by atoms with Gasteiger partial charge in [0.05, 0.1) is 0 Å². The summed E-state index contributed by atoms with van der Waals surface area (Å²) in [5.74, 6) is -2.57. The summed E-state index contributed by atoms with van der Waals surface area (Å²) in [5.41, 5.74) is -1.28. The lowest BCUT2D eigenvalue weighted by atomic mass is 10.0. The lowest BCUT2D eigenvalue weighted by molar-refractivity contribution is -0.334. The molecule has 0 atom stereocenters. The van der Waals surface area contributed by atoms with E-state index in [4.69, 9.17) is 19.6 Å². The fraction of sp³-hybridized carbons (Fsp3) is 0.867. The third kappa shape index (κ3) is 10.3. The molecular weight excluding hydrogens is 276 g/mol. The second-order valence-electron chi connectivity index (χ2n) is 6.89. The van der Waals surface area contributed by atoms with E-state index in [1.807, 2.05) is 6.92 Å². The molecule has 0 spiro atoms. The van der Waals surface area contributed by atoms with Crippen molar-refractivity contribution in [1.82, 2.24) is 0 Å². The van der Waals surface area contributed by atoms with Crippen LogP contribution in [0.15, 0.2) is 0 Å². The van der Waals surface area contributed by atoms with Gasteiger partial charge in [-0.1, -0.05) is 19.8 Å². The quantitative estimate of drug-likeness (QED) is 0.408. The Kier molecular flexibility index (Phi) is 7.89. The van der Waals surface area contributed by atoms with Gasteiger partial charge in [-0.15, -0.1) is 0 Å². The fourth-order valence-corrected chi connectivity index (χ4v) is 1.19. The molecule has 6 nitrogen and oxygen atoms in total. The molecule has 0 bridgehead atoms. The Labute approximate surface area is 126 Å². The van der Waals surface area contributed by atoms with E-state index in [1.165, 1.54) is 0 Å². The molecule has 6 heteroatoms. The average Bonchev–Trinajstić information content (AvgIpc) is 2.32. The van der Waals surface area contributed by atoms with Crippen LogP contribution >= 0.6 is 0 Å². The third-order valence-electron chi connectivity index (χ3n) is 2.16. The molecule has 0 radical (unpaired) electrons. The van der Waals surface area contributed by atoms with Crippen LogP contribution in [0.25, 0.3) is 0 Å². The van der Waals surface area contributed by atoms with E-state index in [0.717, 1.165) is 6.42 Å². The Morgan fingerprint density at radius 3 is 1.52 bits per heavy atom. The summed E-state index contributed by atoms with van der Waals surface area (Å²) < 4.78 is 0. The maximum Gasteiger partial charge on any atom is 0.356 e. The maximum absolute atomic E-state index is 12.0. The van der Waals surface area contributed by atoms with Crippen molar-refractivity contribution < 1.29 is 29.1 Å². The van der Waals surface area contributed by atoms with E-state index in [0.29, 0.717) is 12.8 Å². The summed E-state index contributed by atoms with van der Waals surface area (Å²) in [6.07, 6.45) is 1.87. The first-order valence-corrected chi connectivity index (χ1v) is 7.25. The Hall–Kier alpha value is -1.14. The summed E-state index contributed by atoms with van der Waals surface area (Å²) in [6, 6.07) is 0. The van der Waals surface area contributed by atoms with Crippen molar-refractivity contribution in [3.63, 3.8) is 0 Å². The van der Waals surface area contributed by atoms with Crippen LogP contribution in [0.3, 0.4) is 0 Å². The molecule has 0 saturated carbocycles. The molecule has 0 aliphatic rings. The van der Waals surface area contributed by atoms with Crippen LogP contribution in [-0.4, -0.2) is 23.1 Å². The van der Waals surface area contributed by atoms with Gasteiger partial charge in [0.2, 0.25) is 0 Å². The number of unbranched alkanes of at least 4 members (excludes halogenated alkanes) is 1. The molecule has 0 N–H and O–H groups in total. The minimum Gasteiger partial charge on any atom is -0.297 e. The monoisotopic (exact) mass is 304 g/mol. The molecule has 0 unspecified atom stereocenters. The van der Waals surface area contributed by atoms with E-state index >= 15 is 0 Å². The van der Waals surface area contributed by atoms with Crippen LogP contribution in [0.2, 0.25) is 0 Å². The zero-order valence-corrected chi connectivity index (χ0v) is 14.1. The summed E-state index contributed by atoms with van der Waals surface area (Å²) >= 11 is 0. The molecule has 0 aliphatic heterocycles. The SMILES string of the molecule is CCCCC(C(=O)OOC(C)(C)C)C(=O)OOC(C)(C)C. The van der Waals surface area contributed by atoms with Crippen molar-refractivity contribution in [3.05, 3.63) is 0 Å². The van der Waals surface area contributed by atoms with Gasteiger partial charge in [0, 0.05) is 0 Å². The largest absolute Gasteiger partial charge is 0.356 e. The standard InChI is InChI=1S/C15H28O6/c1-8-9-10-11(12(16)18-20-14(2,3)4)13(17)19-21-15(5,6)7/h11H,8-10H2,1-7H3. The molecule has 0 aliphatic carbocycles. The van der Waals surface area contributed by atoms with Crippen molar-refractivity contribution in [2.24, 2.45) is 5.92 Å². The van der Waals surface area contributed by atoms with E-state index in [2.05, 4.69) is 0 Å². The minimum atomic E-state index is -1.05. The van der Waals surface area contributed by atoms with Crippen LogP contribution in [0.1, 0.15) is 67.7 Å². The second-order valence-corrected chi connectivity index (χ2v) is 6.89. The van der Waals surface area contributed by atoms with E-state index in [1.54, 1.807) is 41.5 Å². The van der Waals surface area contributed by atoms with Gasteiger partial charge in [-0.2, -0.15) is 9.78 Å². The van der Waals surface area contributed by atoms with Gasteiger partial charge in [-0.25, -0.2) is 9.59 Å². The number of rotatable bonds is 7. The van der Waals surface area contributed by atoms with Crippen LogP contribution < -0.4 is 0 Å². The molecule has 124 valence electrons. The fourth-order valence-electron chi connectivity index (χ4n) is 1.19. The lowest BCUT2D eigenvalue weighted by Gasteiger charge is -2.21. The van der Waals surface area contributed by atoms with E-state index in [9.17, 15) is 9.59 Å². The molecule has 0 amide bonds. The van der Waals surface area contributed by atoms with E-state index in [-0.39, 0.29) is 0 Å². The van der Waals surface area contributed by atoms with Gasteiger partial charge in [-0.3, -0.25) is 9.78 Å². The normalized spacial score (nSPS) is 12.4. The number of hydrogen-bond acceptors (Lipinski definition) is 6. The molecule has 0 aromatic carbocycles.